The first kappa shape index (κ1) is 22.5. The number of piperidine rings is 1. The van der Waals surface area contributed by atoms with Crippen molar-refractivity contribution in [3.8, 4) is 11.5 Å². The van der Waals surface area contributed by atoms with Gasteiger partial charge in [-0.05, 0) is 68.3 Å². The lowest BCUT2D eigenvalue weighted by Gasteiger charge is -2.32. The monoisotopic (exact) mass is 425 g/mol. The van der Waals surface area contributed by atoms with Crippen molar-refractivity contribution in [2.75, 3.05) is 45.3 Å². The number of nitrogens with one attached hydrogen (secondary N) is 1. The maximum absolute atomic E-state index is 12.7. The average molecular weight is 426 g/mol. The van der Waals surface area contributed by atoms with Crippen LogP contribution in [0.1, 0.15) is 30.1 Å². The number of ether oxygens (including phenoxy) is 2. The van der Waals surface area contributed by atoms with Gasteiger partial charge in [0.15, 0.2) is 6.61 Å². The molecule has 0 spiro atoms. The van der Waals surface area contributed by atoms with E-state index in [-0.39, 0.29) is 24.5 Å². The van der Waals surface area contributed by atoms with Gasteiger partial charge >= 0.3 is 0 Å². The number of likely N-dealkylation sites (tertiary alicyclic amines) is 1. The summed E-state index contributed by atoms with van der Waals surface area (Å²) in [5.74, 6) is 1.28. The summed E-state index contributed by atoms with van der Waals surface area (Å²) in [5.41, 5.74) is 1.75. The van der Waals surface area contributed by atoms with Gasteiger partial charge in [-0.15, -0.1) is 0 Å². The van der Waals surface area contributed by atoms with Crippen LogP contribution >= 0.6 is 0 Å². The van der Waals surface area contributed by atoms with Crippen molar-refractivity contribution in [2.24, 2.45) is 0 Å². The van der Waals surface area contributed by atoms with Crippen LogP contribution in [-0.4, -0.2) is 63.2 Å². The number of carbonyl (C=O) groups is 2. The summed E-state index contributed by atoms with van der Waals surface area (Å²) >= 11 is 0. The summed E-state index contributed by atoms with van der Waals surface area (Å²) in [6.45, 7) is 3.75. The normalized spacial score (nSPS) is 14.1. The first-order valence-corrected chi connectivity index (χ1v) is 10.7. The van der Waals surface area contributed by atoms with Gasteiger partial charge in [-0.25, -0.2) is 0 Å². The molecule has 1 aliphatic rings. The summed E-state index contributed by atoms with van der Waals surface area (Å²) < 4.78 is 10.9. The van der Waals surface area contributed by atoms with Crippen LogP contribution in [0.2, 0.25) is 0 Å². The minimum atomic E-state index is -0.155. The molecule has 31 heavy (non-hydrogen) atoms. The average Bonchev–Trinajstić information content (AvgIpc) is 2.79. The van der Waals surface area contributed by atoms with Crippen LogP contribution in [0.4, 0.5) is 5.69 Å². The lowest BCUT2D eigenvalue weighted by Crippen LogP contribution is -2.47. The molecule has 166 valence electrons. The molecular formula is C24H31N3O4. The molecule has 0 aromatic heterocycles. The van der Waals surface area contributed by atoms with Crippen LogP contribution in [0.3, 0.4) is 0 Å². The molecule has 0 radical (unpaired) electrons. The fraction of sp³-hybridized carbons (Fsp3) is 0.417. The van der Waals surface area contributed by atoms with Crippen LogP contribution in [0.15, 0.2) is 48.5 Å². The zero-order valence-electron chi connectivity index (χ0n) is 18.5. The molecule has 0 saturated carbocycles. The van der Waals surface area contributed by atoms with Gasteiger partial charge in [0, 0.05) is 44.5 Å². The molecule has 1 heterocycles. The molecule has 0 bridgehead atoms. The standard InChI is InChI=1S/C24H31N3O4/c1-4-30-21-9-11-22(12-10-21)31-17-23(28)25-19-13-15-27(16-14-19)24(29)18-5-7-20(8-6-18)26(2)3/h5-12,19H,4,13-17H2,1-3H3,(H,25,28). The Balaban J connectivity index is 1.41. The van der Waals surface area contributed by atoms with Crippen molar-refractivity contribution in [1.82, 2.24) is 10.2 Å². The molecule has 7 heteroatoms. The van der Waals surface area contributed by atoms with Crippen molar-refractivity contribution in [1.29, 1.82) is 0 Å². The van der Waals surface area contributed by atoms with E-state index < -0.39 is 0 Å². The predicted molar refractivity (Wildman–Crippen MR) is 121 cm³/mol. The summed E-state index contributed by atoms with van der Waals surface area (Å²) in [4.78, 5) is 28.8. The number of rotatable bonds is 8. The third kappa shape index (κ3) is 6.38. The summed E-state index contributed by atoms with van der Waals surface area (Å²) in [6, 6.07) is 14.9. The van der Waals surface area contributed by atoms with Crippen molar-refractivity contribution in [3.05, 3.63) is 54.1 Å². The van der Waals surface area contributed by atoms with Gasteiger partial charge in [-0.3, -0.25) is 9.59 Å². The molecule has 1 N–H and O–H groups in total. The fourth-order valence-corrected chi connectivity index (χ4v) is 3.53. The molecule has 2 aromatic carbocycles. The molecule has 2 aromatic rings. The van der Waals surface area contributed by atoms with Gasteiger partial charge in [0.2, 0.25) is 0 Å². The largest absolute Gasteiger partial charge is 0.494 e. The van der Waals surface area contributed by atoms with Gasteiger partial charge in [-0.1, -0.05) is 0 Å². The van der Waals surface area contributed by atoms with E-state index in [0.29, 0.717) is 31.0 Å². The number of nitrogens with zero attached hydrogens (tertiary/aromatic N) is 2. The van der Waals surface area contributed by atoms with Crippen LogP contribution in [0.25, 0.3) is 0 Å². The smallest absolute Gasteiger partial charge is 0.258 e. The van der Waals surface area contributed by atoms with E-state index in [4.69, 9.17) is 9.47 Å². The highest BCUT2D eigenvalue weighted by molar-refractivity contribution is 5.94. The van der Waals surface area contributed by atoms with E-state index >= 15 is 0 Å². The second-order valence-corrected chi connectivity index (χ2v) is 7.77. The second kappa shape index (κ2) is 10.7. The van der Waals surface area contributed by atoms with E-state index in [1.807, 2.05) is 67.2 Å². The summed E-state index contributed by atoms with van der Waals surface area (Å²) in [7, 11) is 3.94. The SMILES string of the molecule is CCOc1ccc(OCC(=O)NC2CCN(C(=O)c3ccc(N(C)C)cc3)CC2)cc1. The highest BCUT2D eigenvalue weighted by Gasteiger charge is 2.24. The number of hydrogen-bond donors (Lipinski definition) is 1. The van der Waals surface area contributed by atoms with Crippen LogP contribution in [-0.2, 0) is 4.79 Å². The van der Waals surface area contributed by atoms with Crippen molar-refractivity contribution >= 4 is 17.5 Å². The predicted octanol–water partition coefficient (Wildman–Crippen LogP) is 2.95. The number of anilines is 1. The maximum Gasteiger partial charge on any atom is 0.258 e. The maximum atomic E-state index is 12.7. The molecular weight excluding hydrogens is 394 g/mol. The zero-order valence-corrected chi connectivity index (χ0v) is 18.5. The van der Waals surface area contributed by atoms with Crippen LogP contribution in [0.5, 0.6) is 11.5 Å². The Morgan fingerprint density at radius 2 is 1.55 bits per heavy atom. The fourth-order valence-electron chi connectivity index (χ4n) is 3.53. The Morgan fingerprint density at radius 3 is 2.10 bits per heavy atom. The summed E-state index contributed by atoms with van der Waals surface area (Å²) in [6.07, 6.45) is 1.46. The van der Waals surface area contributed by atoms with E-state index in [1.54, 1.807) is 12.1 Å². The zero-order chi connectivity index (χ0) is 22.2. The molecule has 2 amide bonds. The Bertz CT molecular complexity index is 857. The number of amides is 2. The molecule has 0 unspecified atom stereocenters. The van der Waals surface area contributed by atoms with Crippen molar-refractivity contribution in [3.63, 3.8) is 0 Å². The third-order valence-electron chi connectivity index (χ3n) is 5.28. The van der Waals surface area contributed by atoms with E-state index in [2.05, 4.69) is 5.32 Å². The topological polar surface area (TPSA) is 71.1 Å². The van der Waals surface area contributed by atoms with Gasteiger partial charge in [-0.2, -0.15) is 0 Å². The Kier molecular flexibility index (Phi) is 7.76. The lowest BCUT2D eigenvalue weighted by atomic mass is 10.0. The Labute approximate surface area is 183 Å². The van der Waals surface area contributed by atoms with Gasteiger partial charge < -0.3 is 24.6 Å². The molecule has 1 aliphatic heterocycles. The molecule has 1 saturated heterocycles. The van der Waals surface area contributed by atoms with Crippen molar-refractivity contribution < 1.29 is 19.1 Å². The van der Waals surface area contributed by atoms with E-state index in [1.165, 1.54) is 0 Å². The molecule has 1 fully saturated rings. The van der Waals surface area contributed by atoms with Crippen LogP contribution in [0, 0.1) is 0 Å². The third-order valence-corrected chi connectivity index (χ3v) is 5.28. The van der Waals surface area contributed by atoms with E-state index in [9.17, 15) is 9.59 Å². The van der Waals surface area contributed by atoms with Gasteiger partial charge in [0.1, 0.15) is 11.5 Å². The lowest BCUT2D eigenvalue weighted by molar-refractivity contribution is -0.124. The van der Waals surface area contributed by atoms with Gasteiger partial charge in [0.05, 0.1) is 6.61 Å². The first-order valence-electron chi connectivity index (χ1n) is 10.7. The minimum absolute atomic E-state index is 0.0360. The van der Waals surface area contributed by atoms with Crippen LogP contribution < -0.4 is 19.7 Å². The summed E-state index contributed by atoms with van der Waals surface area (Å²) in [5, 5.41) is 3.01. The number of carbonyl (C=O) groups excluding carboxylic acids is 2. The molecule has 7 nitrogen and oxygen atoms in total. The van der Waals surface area contributed by atoms with Crippen molar-refractivity contribution in [2.45, 2.75) is 25.8 Å². The van der Waals surface area contributed by atoms with Gasteiger partial charge in [0.25, 0.3) is 11.8 Å². The Hall–Kier alpha value is -3.22. The Morgan fingerprint density at radius 1 is 0.968 bits per heavy atom. The molecule has 3 rings (SSSR count). The quantitative estimate of drug-likeness (QED) is 0.704. The molecule has 0 aliphatic carbocycles. The highest BCUT2D eigenvalue weighted by atomic mass is 16.5. The number of benzene rings is 2. The number of hydrogen-bond acceptors (Lipinski definition) is 5. The minimum Gasteiger partial charge on any atom is -0.494 e. The second-order valence-electron chi connectivity index (χ2n) is 7.77. The van der Waals surface area contributed by atoms with E-state index in [0.717, 1.165) is 24.3 Å². The highest BCUT2D eigenvalue weighted by Crippen LogP contribution is 2.19. The first-order chi connectivity index (χ1) is 15.0. The molecule has 0 atom stereocenters.